The van der Waals surface area contributed by atoms with Crippen molar-refractivity contribution < 1.29 is 8.42 Å². The Morgan fingerprint density at radius 3 is 2.50 bits per heavy atom. The molecular weight excluding hydrogens is 460 g/mol. The fourth-order valence-corrected chi connectivity index (χ4v) is 7.55. The largest absolute Gasteiger partial charge is 0.316 e. The summed E-state index contributed by atoms with van der Waals surface area (Å²) in [5.41, 5.74) is 2.59. The zero-order chi connectivity index (χ0) is 18.9. The molecule has 0 aromatic heterocycles. The average Bonchev–Trinajstić information content (AvgIpc) is 2.69. The molecule has 0 aliphatic carbocycles. The summed E-state index contributed by atoms with van der Waals surface area (Å²) in [4.78, 5) is 2.59. The molecule has 0 bridgehead atoms. The third-order valence-corrected chi connectivity index (χ3v) is 8.96. The van der Waals surface area contributed by atoms with E-state index in [1.54, 1.807) is 12.1 Å². The van der Waals surface area contributed by atoms with Gasteiger partial charge in [0.25, 0.3) is 0 Å². The van der Waals surface area contributed by atoms with Gasteiger partial charge in [0, 0.05) is 30.0 Å². The SMILES string of the molecule is Cl.O=S(=O)(c1ccccc1Br)C(C1CCCNC1)N1CCc2ccccc2C1. The van der Waals surface area contributed by atoms with E-state index in [4.69, 9.17) is 0 Å². The summed E-state index contributed by atoms with van der Waals surface area (Å²) < 4.78 is 28.2. The van der Waals surface area contributed by atoms with Crippen molar-refractivity contribution in [2.45, 2.75) is 36.1 Å². The van der Waals surface area contributed by atoms with Gasteiger partial charge in [-0.3, -0.25) is 4.90 Å². The second-order valence-corrected chi connectivity index (χ2v) is 10.3. The van der Waals surface area contributed by atoms with Gasteiger partial charge in [-0.05, 0) is 65.0 Å². The Kier molecular flexibility index (Phi) is 7.21. The highest BCUT2D eigenvalue weighted by atomic mass is 79.9. The van der Waals surface area contributed by atoms with E-state index in [9.17, 15) is 8.42 Å². The minimum Gasteiger partial charge on any atom is -0.316 e. The first kappa shape index (κ1) is 21.8. The monoisotopic (exact) mass is 484 g/mol. The number of nitrogens with one attached hydrogen (secondary N) is 1. The Labute approximate surface area is 182 Å². The lowest BCUT2D eigenvalue weighted by Gasteiger charge is -2.40. The van der Waals surface area contributed by atoms with Crippen LogP contribution in [0.1, 0.15) is 24.0 Å². The zero-order valence-electron chi connectivity index (χ0n) is 15.7. The van der Waals surface area contributed by atoms with Crippen molar-refractivity contribution in [2.24, 2.45) is 5.92 Å². The number of hydrogen-bond acceptors (Lipinski definition) is 4. The first-order chi connectivity index (χ1) is 13.1. The molecule has 1 fully saturated rings. The maximum absolute atomic E-state index is 13.8. The summed E-state index contributed by atoms with van der Waals surface area (Å²) in [6.45, 7) is 3.20. The Hall–Kier alpha value is -0.920. The molecule has 2 aliphatic rings. The van der Waals surface area contributed by atoms with Crippen LogP contribution in [0.3, 0.4) is 0 Å². The molecule has 2 aliphatic heterocycles. The molecule has 2 unspecified atom stereocenters. The van der Waals surface area contributed by atoms with E-state index < -0.39 is 15.2 Å². The van der Waals surface area contributed by atoms with Crippen LogP contribution < -0.4 is 5.32 Å². The second kappa shape index (κ2) is 9.26. The van der Waals surface area contributed by atoms with Crippen LogP contribution in [0.15, 0.2) is 57.9 Å². The molecule has 0 saturated carbocycles. The van der Waals surface area contributed by atoms with Gasteiger partial charge >= 0.3 is 0 Å². The van der Waals surface area contributed by atoms with Gasteiger partial charge in [-0.2, -0.15) is 0 Å². The van der Waals surface area contributed by atoms with E-state index in [-0.39, 0.29) is 18.3 Å². The molecule has 0 spiro atoms. The lowest BCUT2D eigenvalue weighted by atomic mass is 9.95. The topological polar surface area (TPSA) is 49.4 Å². The summed E-state index contributed by atoms with van der Waals surface area (Å²) >= 11 is 3.46. The summed E-state index contributed by atoms with van der Waals surface area (Å²) in [6.07, 6.45) is 2.87. The van der Waals surface area contributed by atoms with Crippen molar-refractivity contribution in [1.29, 1.82) is 0 Å². The van der Waals surface area contributed by atoms with Crippen molar-refractivity contribution in [3.05, 3.63) is 64.1 Å². The minimum absolute atomic E-state index is 0. The van der Waals surface area contributed by atoms with Crippen LogP contribution in [0.4, 0.5) is 0 Å². The van der Waals surface area contributed by atoms with E-state index in [0.29, 0.717) is 15.9 Å². The minimum atomic E-state index is -3.49. The zero-order valence-corrected chi connectivity index (χ0v) is 18.9. The van der Waals surface area contributed by atoms with Gasteiger partial charge in [0.1, 0.15) is 5.37 Å². The van der Waals surface area contributed by atoms with Crippen LogP contribution in [0.5, 0.6) is 0 Å². The van der Waals surface area contributed by atoms with E-state index in [1.807, 2.05) is 18.2 Å². The van der Waals surface area contributed by atoms with Gasteiger partial charge in [0.2, 0.25) is 0 Å². The number of nitrogens with zero attached hydrogens (tertiary/aromatic N) is 1. The Balaban J connectivity index is 0.00000225. The van der Waals surface area contributed by atoms with Gasteiger partial charge in [-0.25, -0.2) is 8.42 Å². The Morgan fingerprint density at radius 2 is 1.79 bits per heavy atom. The van der Waals surface area contributed by atoms with E-state index >= 15 is 0 Å². The average molecular weight is 486 g/mol. The van der Waals surface area contributed by atoms with Gasteiger partial charge in [0.15, 0.2) is 9.84 Å². The highest BCUT2D eigenvalue weighted by Crippen LogP contribution is 2.34. The maximum Gasteiger partial charge on any atom is 0.195 e. The third kappa shape index (κ3) is 4.31. The van der Waals surface area contributed by atoms with Crippen LogP contribution in [0, 0.1) is 5.92 Å². The number of sulfone groups is 1. The molecule has 2 atom stereocenters. The predicted molar refractivity (Wildman–Crippen MR) is 119 cm³/mol. The fraction of sp³-hybridized carbons (Fsp3) is 0.429. The molecule has 4 nitrogen and oxygen atoms in total. The van der Waals surface area contributed by atoms with E-state index in [2.05, 4.69) is 44.3 Å². The third-order valence-electron chi connectivity index (χ3n) is 5.72. The van der Waals surface area contributed by atoms with Crippen molar-refractivity contribution in [1.82, 2.24) is 10.2 Å². The second-order valence-electron chi connectivity index (χ2n) is 7.46. The van der Waals surface area contributed by atoms with Crippen LogP contribution in [0.25, 0.3) is 0 Å². The molecule has 1 N–H and O–H groups in total. The first-order valence-electron chi connectivity index (χ1n) is 9.57. The number of hydrogen-bond donors (Lipinski definition) is 1. The van der Waals surface area contributed by atoms with Crippen molar-refractivity contribution in [3.63, 3.8) is 0 Å². The smallest absolute Gasteiger partial charge is 0.195 e. The molecule has 28 heavy (non-hydrogen) atoms. The van der Waals surface area contributed by atoms with Gasteiger partial charge in [-0.15, -0.1) is 12.4 Å². The summed E-state index contributed by atoms with van der Waals surface area (Å²) in [5, 5.41) is 2.91. The lowest BCUT2D eigenvalue weighted by Crippen LogP contribution is -2.52. The number of rotatable bonds is 4. The molecule has 4 rings (SSSR count). The number of halogens is 2. The quantitative estimate of drug-likeness (QED) is 0.710. The maximum atomic E-state index is 13.8. The van der Waals surface area contributed by atoms with E-state index in [1.165, 1.54) is 11.1 Å². The fourth-order valence-electron chi connectivity index (χ4n) is 4.41. The highest BCUT2D eigenvalue weighted by Gasteiger charge is 2.41. The molecule has 1 saturated heterocycles. The summed E-state index contributed by atoms with van der Waals surface area (Å²) in [5.74, 6) is 0.0983. The Morgan fingerprint density at radius 1 is 1.07 bits per heavy atom. The normalized spacial score (nSPS) is 21.4. The van der Waals surface area contributed by atoms with E-state index in [0.717, 1.165) is 38.9 Å². The molecule has 2 aromatic rings. The summed E-state index contributed by atoms with van der Waals surface area (Å²) in [7, 11) is -3.49. The molecule has 2 heterocycles. The first-order valence-corrected chi connectivity index (χ1v) is 11.9. The van der Waals surface area contributed by atoms with Crippen molar-refractivity contribution >= 4 is 38.2 Å². The van der Waals surface area contributed by atoms with Gasteiger partial charge < -0.3 is 5.32 Å². The lowest BCUT2D eigenvalue weighted by molar-refractivity contribution is 0.162. The molecule has 0 amide bonds. The van der Waals surface area contributed by atoms with Crippen molar-refractivity contribution in [3.8, 4) is 0 Å². The number of piperidine rings is 1. The highest BCUT2D eigenvalue weighted by molar-refractivity contribution is 9.10. The predicted octanol–water partition coefficient (Wildman–Crippen LogP) is 4.03. The van der Waals surface area contributed by atoms with Crippen LogP contribution in [0.2, 0.25) is 0 Å². The van der Waals surface area contributed by atoms with Crippen LogP contribution in [-0.2, 0) is 22.8 Å². The Bertz CT molecular complexity index is 916. The van der Waals surface area contributed by atoms with Gasteiger partial charge in [-0.1, -0.05) is 36.4 Å². The van der Waals surface area contributed by atoms with Crippen LogP contribution >= 0.6 is 28.3 Å². The molecule has 0 radical (unpaired) electrons. The van der Waals surface area contributed by atoms with Gasteiger partial charge in [0.05, 0.1) is 4.90 Å². The molecular formula is C21H26BrClN2O2S. The summed E-state index contributed by atoms with van der Waals surface area (Å²) in [6, 6.07) is 15.6. The standard InChI is InChI=1S/C21H25BrN2O2S.ClH/c22-19-9-3-4-10-20(19)27(25,26)21(17-8-5-12-23-14-17)24-13-11-16-6-1-2-7-18(16)15-24;/h1-4,6-7,9-10,17,21,23H,5,8,11-15H2;1H. The van der Waals surface area contributed by atoms with Crippen LogP contribution in [-0.4, -0.2) is 38.3 Å². The van der Waals surface area contributed by atoms with Crippen molar-refractivity contribution in [2.75, 3.05) is 19.6 Å². The number of fused-ring (bicyclic) bond motifs is 1. The molecule has 7 heteroatoms. The number of benzene rings is 2. The molecule has 152 valence electrons. The molecule has 2 aromatic carbocycles.